The number of hydrogen-bond acceptors (Lipinski definition) is 9. The summed E-state index contributed by atoms with van der Waals surface area (Å²) in [6.07, 6.45) is 6.62. The van der Waals surface area contributed by atoms with Gasteiger partial charge in [0.25, 0.3) is 0 Å². The van der Waals surface area contributed by atoms with E-state index in [0.717, 1.165) is 73.6 Å². The van der Waals surface area contributed by atoms with Gasteiger partial charge in [0.15, 0.2) is 19.7 Å². The number of carboxylic acid groups (broad SMARTS) is 1. The molecule has 0 radical (unpaired) electrons. The van der Waals surface area contributed by atoms with E-state index in [9.17, 15) is 36.6 Å². The molecule has 2 unspecified atom stereocenters. The molecule has 4 aromatic carbocycles. The molecule has 0 aliphatic carbocycles. The highest BCUT2D eigenvalue weighted by atomic mass is 32.2. The van der Waals surface area contributed by atoms with Crippen LogP contribution in [0.4, 0.5) is 0 Å². The predicted octanol–water partition coefficient (Wildman–Crippen LogP) is 12.5. The molecule has 0 aliphatic rings. The van der Waals surface area contributed by atoms with E-state index in [1.54, 1.807) is 0 Å². The number of carbonyl (C=O) groups is 2. The number of rotatable bonds is 26. The zero-order chi connectivity index (χ0) is 56.7. The molecule has 0 spiro atoms. The van der Waals surface area contributed by atoms with E-state index < -0.39 is 31.6 Å². The highest BCUT2D eigenvalue weighted by Crippen LogP contribution is 2.42. The zero-order valence-electron chi connectivity index (χ0n) is 48.4. The van der Waals surface area contributed by atoms with Gasteiger partial charge >= 0.3 is 11.9 Å². The topological polar surface area (TPSA) is 172 Å². The maximum atomic E-state index is 12.4. The first-order valence-corrected chi connectivity index (χ1v) is 30.9. The number of hydrogen-bond donors (Lipinski definition) is 3. The molecule has 10 nitrogen and oxygen atoms in total. The van der Waals surface area contributed by atoms with Crippen LogP contribution in [0.5, 0.6) is 0 Å². The van der Waals surface area contributed by atoms with Crippen molar-refractivity contribution < 1.29 is 46.5 Å². The average Bonchev–Trinajstić information content (AvgIpc) is 3.34. The first kappa shape index (κ1) is 64.9. The van der Waals surface area contributed by atoms with Gasteiger partial charge in [-0.2, -0.15) is 0 Å². The molecule has 0 amide bonds. The number of aliphatic hydroxyl groups excluding tert-OH is 2. The fourth-order valence-electron chi connectivity index (χ4n) is 10.3. The van der Waals surface area contributed by atoms with E-state index in [-0.39, 0.29) is 69.7 Å². The van der Waals surface area contributed by atoms with Crippen molar-refractivity contribution in [3.8, 4) is 0 Å². The molecule has 0 bridgehead atoms. The summed E-state index contributed by atoms with van der Waals surface area (Å²) >= 11 is 0. The second kappa shape index (κ2) is 27.8. The van der Waals surface area contributed by atoms with Crippen molar-refractivity contribution in [2.45, 2.75) is 197 Å². The highest BCUT2D eigenvalue weighted by molar-refractivity contribution is 7.91. The molecule has 0 aliphatic heterocycles. The first-order chi connectivity index (χ1) is 34.8. The second-order valence-electron chi connectivity index (χ2n) is 23.3. The molecule has 12 heteroatoms. The predicted molar refractivity (Wildman–Crippen MR) is 309 cm³/mol. The van der Waals surface area contributed by atoms with Crippen molar-refractivity contribution in [2.24, 2.45) is 10.8 Å². The molecule has 75 heavy (non-hydrogen) atoms. The minimum Gasteiger partial charge on any atom is -0.481 e. The lowest BCUT2D eigenvalue weighted by Gasteiger charge is -2.34. The molecule has 0 aromatic heterocycles. The summed E-state index contributed by atoms with van der Waals surface area (Å²) < 4.78 is 53.9. The van der Waals surface area contributed by atoms with Gasteiger partial charge in [0, 0.05) is 10.8 Å². The molecular formula is C63H94O10S2. The lowest BCUT2D eigenvalue weighted by atomic mass is 9.69. The lowest BCUT2D eigenvalue weighted by molar-refractivity contribution is -0.140. The maximum absolute atomic E-state index is 12.4. The summed E-state index contributed by atoms with van der Waals surface area (Å²) in [5.41, 5.74) is 13.7. The third kappa shape index (κ3) is 18.4. The number of benzene rings is 4. The third-order valence-corrected chi connectivity index (χ3v) is 19.5. The summed E-state index contributed by atoms with van der Waals surface area (Å²) in [6, 6.07) is 26.3. The molecular weight excluding hydrogens is 981 g/mol. The molecule has 0 fully saturated rings. The van der Waals surface area contributed by atoms with Gasteiger partial charge in [0.1, 0.15) is 0 Å². The largest absolute Gasteiger partial charge is 0.481 e. The van der Waals surface area contributed by atoms with Crippen LogP contribution in [-0.4, -0.2) is 86.4 Å². The van der Waals surface area contributed by atoms with E-state index >= 15 is 0 Å². The molecule has 4 rings (SSSR count). The van der Waals surface area contributed by atoms with Gasteiger partial charge in [-0.15, -0.1) is 0 Å². The van der Waals surface area contributed by atoms with Crippen molar-refractivity contribution in [3.05, 3.63) is 140 Å². The van der Waals surface area contributed by atoms with Gasteiger partial charge in [-0.05, 0) is 169 Å². The molecule has 3 N–H and O–H groups in total. The smallest absolute Gasteiger partial charge is 0.306 e. The number of sulfone groups is 2. The molecule has 2 atom stereocenters. The monoisotopic (exact) mass is 1070 g/mol. The number of esters is 1. The van der Waals surface area contributed by atoms with Crippen molar-refractivity contribution in [3.63, 3.8) is 0 Å². The van der Waals surface area contributed by atoms with Gasteiger partial charge in [-0.1, -0.05) is 142 Å². The van der Waals surface area contributed by atoms with Gasteiger partial charge in [0.2, 0.25) is 0 Å². The highest BCUT2D eigenvalue weighted by Gasteiger charge is 2.33. The van der Waals surface area contributed by atoms with Crippen LogP contribution in [0.1, 0.15) is 187 Å². The van der Waals surface area contributed by atoms with Gasteiger partial charge in [0.05, 0.1) is 55.2 Å². The summed E-state index contributed by atoms with van der Waals surface area (Å²) in [4.78, 5) is 22.1. The van der Waals surface area contributed by atoms with Crippen molar-refractivity contribution in [1.82, 2.24) is 0 Å². The van der Waals surface area contributed by atoms with Crippen LogP contribution >= 0.6 is 0 Å². The molecule has 418 valence electrons. The Morgan fingerprint density at radius 2 is 0.760 bits per heavy atom. The van der Waals surface area contributed by atoms with Crippen LogP contribution in [0.25, 0.3) is 0 Å². The van der Waals surface area contributed by atoms with E-state index in [1.807, 2.05) is 19.9 Å². The Balaban J connectivity index is 0.000000395. The summed E-state index contributed by atoms with van der Waals surface area (Å²) in [6.45, 7) is 29.7. The van der Waals surface area contributed by atoms with E-state index in [4.69, 9.17) is 5.11 Å². The minimum absolute atomic E-state index is 0.0153. The van der Waals surface area contributed by atoms with Crippen molar-refractivity contribution in [1.29, 1.82) is 0 Å². The number of aryl methyl sites for hydroxylation is 8. The molecule has 0 saturated heterocycles. The SMILES string of the molecule is CCC(CC)(c1ccc(CCC(O)C(C)(C)C)c(C)c1)c1ccc(CCS(=O)(=O)CCC(=O)O)c(C)c1.CCC(CC)(c1ccc(CCC(O)C(C)(C)C)c(C)c1)c1ccc(CCS(=O)(=O)CCC(=O)OC)c(C)c1. The van der Waals surface area contributed by atoms with Crippen LogP contribution in [0, 0.1) is 38.5 Å². The quantitative estimate of drug-likeness (QED) is 0.0514. The van der Waals surface area contributed by atoms with Crippen molar-refractivity contribution in [2.75, 3.05) is 30.1 Å². The minimum atomic E-state index is -3.41. The zero-order valence-corrected chi connectivity index (χ0v) is 50.0. The van der Waals surface area contributed by atoms with E-state index in [2.05, 4.69) is 155 Å². The molecule has 0 heterocycles. The lowest BCUT2D eigenvalue weighted by Crippen LogP contribution is -2.27. The van der Waals surface area contributed by atoms with Crippen LogP contribution < -0.4 is 0 Å². The number of carboxylic acids is 1. The standard InChI is InChI=1S/C32H48O5S.C31H46O5S/c1-9-32(10-2,27-14-11-25(23(3)21-27)13-16-29(33)31(5,6)7)28-15-12-26(24(4)22-28)17-19-38(35,36)20-18-30(34)37-8;1-8-31(9-2,26-13-10-24(22(3)20-26)12-15-28(32)30(5,6)7)27-14-11-25(23(4)21-27)16-18-37(35,36)19-17-29(33)34/h11-12,14-15,21-22,29,33H,9-10,13,16-20H2,1-8H3;10-11,13-14,20-21,28,32H,8-9,12,15-19H2,1-7H3,(H,33,34). The van der Waals surface area contributed by atoms with Crippen LogP contribution in [0.3, 0.4) is 0 Å². The Labute approximate surface area is 453 Å². The van der Waals surface area contributed by atoms with E-state index in [1.165, 1.54) is 51.6 Å². The Kier molecular flexibility index (Phi) is 24.1. The second-order valence-corrected chi connectivity index (χ2v) is 27.9. The van der Waals surface area contributed by atoms with Crippen LogP contribution in [-0.2, 0) is 70.5 Å². The van der Waals surface area contributed by atoms with E-state index in [0.29, 0.717) is 12.8 Å². The number of carbonyl (C=O) groups excluding carboxylic acids is 1. The van der Waals surface area contributed by atoms with Gasteiger partial charge < -0.3 is 20.1 Å². The number of ether oxygens (including phenoxy) is 1. The average molecular weight is 1080 g/mol. The Bertz CT molecular complexity index is 2730. The first-order valence-electron chi connectivity index (χ1n) is 27.3. The maximum Gasteiger partial charge on any atom is 0.306 e. The summed E-state index contributed by atoms with van der Waals surface area (Å²) in [5.74, 6) is -2.13. The van der Waals surface area contributed by atoms with Crippen LogP contribution in [0.2, 0.25) is 0 Å². The van der Waals surface area contributed by atoms with Crippen molar-refractivity contribution >= 4 is 31.6 Å². The fraction of sp³-hybridized carbons (Fsp3) is 0.587. The third-order valence-electron chi connectivity index (χ3n) is 16.2. The Morgan fingerprint density at radius 3 is 1.00 bits per heavy atom. The molecule has 4 aromatic rings. The van der Waals surface area contributed by atoms with Gasteiger partial charge in [-0.3, -0.25) is 9.59 Å². The Hall–Kier alpha value is -4.36. The van der Waals surface area contributed by atoms with Gasteiger partial charge in [-0.25, -0.2) is 16.8 Å². The normalized spacial score (nSPS) is 13.5. The fourth-order valence-corrected chi connectivity index (χ4v) is 12.8. The molecule has 0 saturated carbocycles. The summed E-state index contributed by atoms with van der Waals surface area (Å²) in [5, 5.41) is 29.7. The van der Waals surface area contributed by atoms with Crippen LogP contribution in [0.15, 0.2) is 72.8 Å². The summed E-state index contributed by atoms with van der Waals surface area (Å²) in [7, 11) is -5.48. The number of aliphatic carboxylic acids is 1. The number of methoxy groups -OCH3 is 1. The Morgan fingerprint density at radius 1 is 0.480 bits per heavy atom. The number of aliphatic hydroxyl groups is 2.